The van der Waals surface area contributed by atoms with E-state index in [0.717, 1.165) is 25.3 Å². The molecule has 1 amide bonds. The highest BCUT2D eigenvalue weighted by Crippen LogP contribution is 2.25. The van der Waals surface area contributed by atoms with Crippen LogP contribution in [0.15, 0.2) is 60.7 Å². The number of hydrogen-bond donors (Lipinski definition) is 1. The minimum absolute atomic E-state index is 0.0317. The Morgan fingerprint density at radius 1 is 1.12 bits per heavy atom. The second-order valence-electron chi connectivity index (χ2n) is 7.01. The maximum atomic E-state index is 12.5. The lowest BCUT2D eigenvalue weighted by Crippen LogP contribution is -2.41. The van der Waals surface area contributed by atoms with E-state index in [2.05, 4.69) is 59.6 Å². The molecule has 2 aromatic carbocycles. The van der Waals surface area contributed by atoms with Crippen molar-refractivity contribution < 1.29 is 4.79 Å². The second-order valence-corrected chi connectivity index (χ2v) is 8.34. The molecule has 0 saturated carbocycles. The summed E-state index contributed by atoms with van der Waals surface area (Å²) in [6, 6.07) is 21.6. The van der Waals surface area contributed by atoms with Crippen LogP contribution < -0.4 is 5.32 Å². The van der Waals surface area contributed by atoms with Gasteiger partial charge in [0.05, 0.1) is 5.25 Å². The molecule has 1 saturated heterocycles. The van der Waals surface area contributed by atoms with Crippen molar-refractivity contribution in [2.24, 2.45) is 0 Å². The van der Waals surface area contributed by atoms with Crippen molar-refractivity contribution in [1.82, 2.24) is 10.2 Å². The van der Waals surface area contributed by atoms with E-state index in [1.807, 2.05) is 25.1 Å². The normalized spacial score (nSPS) is 19.8. The molecule has 0 radical (unpaired) electrons. The molecule has 0 aliphatic carbocycles. The van der Waals surface area contributed by atoms with Gasteiger partial charge in [-0.25, -0.2) is 0 Å². The molecule has 1 aliphatic rings. The SMILES string of the molecule is CC(SCc1ccccc1)C(=O)NC1CCN(C(C)c2ccccc2)C1. The van der Waals surface area contributed by atoms with Gasteiger partial charge in [-0.3, -0.25) is 9.69 Å². The lowest BCUT2D eigenvalue weighted by Gasteiger charge is -2.25. The third kappa shape index (κ3) is 5.12. The van der Waals surface area contributed by atoms with E-state index in [-0.39, 0.29) is 17.2 Å². The summed E-state index contributed by atoms with van der Waals surface area (Å²) in [4.78, 5) is 15.0. The Morgan fingerprint density at radius 2 is 1.77 bits per heavy atom. The fourth-order valence-corrected chi connectivity index (χ4v) is 4.24. The molecule has 1 fully saturated rings. The maximum absolute atomic E-state index is 12.5. The molecular formula is C22H28N2OS. The van der Waals surface area contributed by atoms with Gasteiger partial charge >= 0.3 is 0 Å². The lowest BCUT2D eigenvalue weighted by atomic mass is 10.1. The van der Waals surface area contributed by atoms with Gasteiger partial charge in [-0.1, -0.05) is 60.7 Å². The number of carbonyl (C=O) groups is 1. The molecule has 0 bridgehead atoms. The Hall–Kier alpha value is -1.78. The van der Waals surface area contributed by atoms with Crippen LogP contribution in [-0.4, -0.2) is 35.2 Å². The van der Waals surface area contributed by atoms with Gasteiger partial charge in [-0.05, 0) is 31.4 Å². The van der Waals surface area contributed by atoms with Gasteiger partial charge in [-0.2, -0.15) is 0 Å². The third-order valence-electron chi connectivity index (χ3n) is 5.11. The van der Waals surface area contributed by atoms with Crippen LogP contribution in [-0.2, 0) is 10.5 Å². The zero-order chi connectivity index (χ0) is 18.4. The predicted molar refractivity (Wildman–Crippen MR) is 110 cm³/mol. The number of amides is 1. The first kappa shape index (κ1) is 19.0. The Kier molecular flexibility index (Phi) is 6.75. The van der Waals surface area contributed by atoms with Crippen molar-refractivity contribution in [3.8, 4) is 0 Å². The van der Waals surface area contributed by atoms with Gasteiger partial charge in [0.1, 0.15) is 0 Å². The Labute approximate surface area is 161 Å². The summed E-state index contributed by atoms with van der Waals surface area (Å²) in [6.45, 7) is 6.21. The minimum Gasteiger partial charge on any atom is -0.351 e. The fraction of sp³-hybridized carbons (Fsp3) is 0.409. The van der Waals surface area contributed by atoms with E-state index < -0.39 is 0 Å². The van der Waals surface area contributed by atoms with Gasteiger partial charge in [0, 0.05) is 30.9 Å². The average molecular weight is 369 g/mol. The average Bonchev–Trinajstić information content (AvgIpc) is 3.15. The highest BCUT2D eigenvalue weighted by molar-refractivity contribution is 7.99. The molecule has 138 valence electrons. The van der Waals surface area contributed by atoms with E-state index in [0.29, 0.717) is 6.04 Å². The molecule has 3 atom stereocenters. The standard InChI is InChI=1S/C22H28N2OS/c1-17(20-11-7-4-8-12-20)24-14-13-21(15-24)23-22(25)18(2)26-16-19-9-5-3-6-10-19/h3-12,17-18,21H,13-16H2,1-2H3,(H,23,25). The largest absolute Gasteiger partial charge is 0.351 e. The Morgan fingerprint density at radius 3 is 2.46 bits per heavy atom. The topological polar surface area (TPSA) is 32.3 Å². The number of rotatable bonds is 7. The van der Waals surface area contributed by atoms with Crippen LogP contribution in [0.5, 0.6) is 0 Å². The number of carbonyl (C=O) groups excluding carboxylic acids is 1. The van der Waals surface area contributed by atoms with E-state index in [9.17, 15) is 4.79 Å². The molecule has 3 unspecified atom stereocenters. The van der Waals surface area contributed by atoms with Gasteiger partial charge in [-0.15, -0.1) is 11.8 Å². The quantitative estimate of drug-likeness (QED) is 0.792. The van der Waals surface area contributed by atoms with Crippen LogP contribution in [0.2, 0.25) is 0 Å². The van der Waals surface area contributed by atoms with Crippen molar-refractivity contribution in [3.05, 3.63) is 71.8 Å². The zero-order valence-electron chi connectivity index (χ0n) is 15.6. The molecular weight excluding hydrogens is 340 g/mol. The molecule has 1 aliphatic heterocycles. The van der Waals surface area contributed by atoms with E-state index in [1.54, 1.807) is 11.8 Å². The molecule has 4 heteroatoms. The number of likely N-dealkylation sites (tertiary alicyclic amines) is 1. The molecule has 3 nitrogen and oxygen atoms in total. The molecule has 3 rings (SSSR count). The first-order chi connectivity index (χ1) is 12.6. The van der Waals surface area contributed by atoms with Crippen LogP contribution >= 0.6 is 11.8 Å². The first-order valence-electron chi connectivity index (χ1n) is 9.38. The summed E-state index contributed by atoms with van der Waals surface area (Å²) in [6.07, 6.45) is 1.03. The number of hydrogen-bond acceptors (Lipinski definition) is 3. The van der Waals surface area contributed by atoms with Crippen molar-refractivity contribution in [2.45, 2.75) is 43.4 Å². The number of benzene rings is 2. The third-order valence-corrected chi connectivity index (χ3v) is 6.32. The smallest absolute Gasteiger partial charge is 0.233 e. The van der Waals surface area contributed by atoms with Gasteiger partial charge in [0.2, 0.25) is 5.91 Å². The van der Waals surface area contributed by atoms with Crippen LogP contribution in [0.4, 0.5) is 0 Å². The van der Waals surface area contributed by atoms with Crippen molar-refractivity contribution in [3.63, 3.8) is 0 Å². The first-order valence-corrected chi connectivity index (χ1v) is 10.4. The minimum atomic E-state index is -0.0317. The lowest BCUT2D eigenvalue weighted by molar-refractivity contribution is -0.120. The van der Waals surface area contributed by atoms with Crippen LogP contribution in [0.3, 0.4) is 0 Å². The van der Waals surface area contributed by atoms with Crippen LogP contribution in [0, 0.1) is 0 Å². The van der Waals surface area contributed by atoms with Crippen molar-refractivity contribution in [1.29, 1.82) is 0 Å². The van der Waals surface area contributed by atoms with E-state index in [1.165, 1.54) is 11.1 Å². The molecule has 0 aromatic heterocycles. The number of nitrogens with zero attached hydrogens (tertiary/aromatic N) is 1. The van der Waals surface area contributed by atoms with Gasteiger partial charge in [0.15, 0.2) is 0 Å². The van der Waals surface area contributed by atoms with Crippen molar-refractivity contribution >= 4 is 17.7 Å². The molecule has 1 N–H and O–H groups in total. The second kappa shape index (κ2) is 9.24. The van der Waals surface area contributed by atoms with Gasteiger partial charge < -0.3 is 5.32 Å². The van der Waals surface area contributed by atoms with Crippen LogP contribution in [0.1, 0.15) is 37.4 Å². The Balaban J connectivity index is 1.45. The maximum Gasteiger partial charge on any atom is 0.233 e. The molecule has 26 heavy (non-hydrogen) atoms. The highest BCUT2D eigenvalue weighted by Gasteiger charge is 2.28. The van der Waals surface area contributed by atoms with Crippen molar-refractivity contribution in [2.75, 3.05) is 13.1 Å². The van der Waals surface area contributed by atoms with Gasteiger partial charge in [0.25, 0.3) is 0 Å². The monoisotopic (exact) mass is 368 g/mol. The van der Waals surface area contributed by atoms with E-state index in [4.69, 9.17) is 0 Å². The predicted octanol–water partition coefficient (Wildman–Crippen LogP) is 4.26. The Bertz CT molecular complexity index is 692. The summed E-state index contributed by atoms with van der Waals surface area (Å²) in [5.41, 5.74) is 2.60. The molecule has 2 aromatic rings. The molecule has 0 spiro atoms. The van der Waals surface area contributed by atoms with Crippen LogP contribution in [0.25, 0.3) is 0 Å². The summed E-state index contributed by atoms with van der Waals surface area (Å²) >= 11 is 1.70. The summed E-state index contributed by atoms with van der Waals surface area (Å²) in [5, 5.41) is 3.22. The number of thioether (sulfide) groups is 1. The molecule has 1 heterocycles. The fourth-order valence-electron chi connectivity index (χ4n) is 3.39. The van der Waals surface area contributed by atoms with E-state index >= 15 is 0 Å². The number of nitrogens with one attached hydrogen (secondary N) is 1. The summed E-state index contributed by atoms with van der Waals surface area (Å²) in [5.74, 6) is 1.03. The zero-order valence-corrected chi connectivity index (χ0v) is 16.4. The summed E-state index contributed by atoms with van der Waals surface area (Å²) in [7, 11) is 0. The summed E-state index contributed by atoms with van der Waals surface area (Å²) < 4.78 is 0. The highest BCUT2D eigenvalue weighted by atomic mass is 32.2.